The average Bonchev–Trinajstić information content (AvgIpc) is 2.65. The monoisotopic (exact) mass is 424 g/mol. The third-order valence-electron chi connectivity index (χ3n) is 4.89. The van der Waals surface area contributed by atoms with Crippen LogP contribution in [0, 0.1) is 12.7 Å². The highest BCUT2D eigenvalue weighted by Gasteiger charge is 2.34. The lowest BCUT2D eigenvalue weighted by atomic mass is 10.0. The quantitative estimate of drug-likeness (QED) is 0.775. The number of amides is 1. The second kappa shape index (κ2) is 8.59. The maximum atomic E-state index is 13.2. The summed E-state index contributed by atoms with van der Waals surface area (Å²) in [5.41, 5.74) is 1.48. The number of nitrogens with one attached hydrogen (secondary N) is 1. The number of sulfonamides is 1. The lowest BCUT2D eigenvalue weighted by molar-refractivity contribution is -0.117. The van der Waals surface area contributed by atoms with E-state index in [-0.39, 0.29) is 17.2 Å². The van der Waals surface area contributed by atoms with Gasteiger partial charge in [0.25, 0.3) is 0 Å². The molecule has 2 aromatic carbocycles. The van der Waals surface area contributed by atoms with Crippen molar-refractivity contribution in [3.8, 4) is 0 Å². The van der Waals surface area contributed by atoms with E-state index in [2.05, 4.69) is 5.32 Å². The summed E-state index contributed by atoms with van der Waals surface area (Å²) in [5, 5.41) is 3.34. The van der Waals surface area contributed by atoms with Gasteiger partial charge in [-0.3, -0.25) is 4.79 Å². The molecule has 1 aliphatic heterocycles. The summed E-state index contributed by atoms with van der Waals surface area (Å²) in [5.74, 6) is -0.762. The van der Waals surface area contributed by atoms with Crippen molar-refractivity contribution >= 4 is 33.2 Å². The van der Waals surface area contributed by atoms with Gasteiger partial charge in [0, 0.05) is 29.7 Å². The molecule has 1 saturated heterocycles. The van der Waals surface area contributed by atoms with Crippen LogP contribution in [-0.2, 0) is 14.8 Å². The standard InChI is InChI=1S/C20H22ClFN2O3S/c1-14-5-6-15(21)12-19(14)23-20(25)13-17-4-2-3-11-24(17)28(26,27)18-9-7-16(22)8-10-18/h5-10,12,17H,2-4,11,13H2,1H3,(H,23,25). The van der Waals surface area contributed by atoms with Crippen molar-refractivity contribution in [3.05, 3.63) is 58.9 Å². The maximum Gasteiger partial charge on any atom is 0.243 e. The molecule has 0 saturated carbocycles. The molecule has 2 aromatic rings. The van der Waals surface area contributed by atoms with Crippen LogP contribution >= 0.6 is 11.6 Å². The molecule has 1 heterocycles. The summed E-state index contributed by atoms with van der Waals surface area (Å²) in [6, 6.07) is 9.54. The normalized spacial score (nSPS) is 18.0. The van der Waals surface area contributed by atoms with Crippen molar-refractivity contribution in [1.82, 2.24) is 4.31 Å². The fourth-order valence-electron chi connectivity index (χ4n) is 3.38. The first-order chi connectivity index (χ1) is 13.3. The largest absolute Gasteiger partial charge is 0.326 e. The molecule has 1 aliphatic rings. The first-order valence-corrected chi connectivity index (χ1v) is 10.9. The van der Waals surface area contributed by atoms with Crippen LogP contribution < -0.4 is 5.32 Å². The zero-order chi connectivity index (χ0) is 20.3. The first kappa shape index (κ1) is 20.8. The molecule has 5 nitrogen and oxygen atoms in total. The Labute approximate surface area is 169 Å². The molecule has 1 fully saturated rings. The van der Waals surface area contributed by atoms with Crippen LogP contribution in [0.4, 0.5) is 10.1 Å². The van der Waals surface area contributed by atoms with Gasteiger partial charge in [0.05, 0.1) is 4.90 Å². The Morgan fingerprint density at radius 2 is 1.93 bits per heavy atom. The number of nitrogens with zero attached hydrogens (tertiary/aromatic N) is 1. The zero-order valence-electron chi connectivity index (χ0n) is 15.5. The van der Waals surface area contributed by atoms with Gasteiger partial charge < -0.3 is 5.32 Å². The molecule has 1 N–H and O–H groups in total. The highest BCUT2D eigenvalue weighted by atomic mass is 35.5. The van der Waals surface area contributed by atoms with Gasteiger partial charge in [0.15, 0.2) is 0 Å². The number of hydrogen-bond acceptors (Lipinski definition) is 3. The van der Waals surface area contributed by atoms with Crippen molar-refractivity contribution in [2.75, 3.05) is 11.9 Å². The molecule has 3 rings (SSSR count). The lowest BCUT2D eigenvalue weighted by Crippen LogP contribution is -2.45. The number of aryl methyl sites for hydroxylation is 1. The van der Waals surface area contributed by atoms with Gasteiger partial charge in [0.1, 0.15) is 5.82 Å². The van der Waals surface area contributed by atoms with Gasteiger partial charge in [-0.1, -0.05) is 24.1 Å². The average molecular weight is 425 g/mol. The van der Waals surface area contributed by atoms with E-state index in [1.165, 1.54) is 16.4 Å². The number of benzene rings is 2. The van der Waals surface area contributed by atoms with Gasteiger partial charge >= 0.3 is 0 Å². The third kappa shape index (κ3) is 4.71. The number of rotatable bonds is 5. The summed E-state index contributed by atoms with van der Waals surface area (Å²) >= 11 is 5.99. The minimum Gasteiger partial charge on any atom is -0.326 e. The van der Waals surface area contributed by atoms with E-state index < -0.39 is 21.9 Å². The summed E-state index contributed by atoms with van der Waals surface area (Å²) in [4.78, 5) is 12.6. The Kier molecular flexibility index (Phi) is 6.37. The fraction of sp³-hybridized carbons (Fsp3) is 0.350. The van der Waals surface area contributed by atoms with Crippen LogP contribution in [-0.4, -0.2) is 31.2 Å². The molecule has 1 atom stereocenters. The highest BCUT2D eigenvalue weighted by molar-refractivity contribution is 7.89. The molecule has 0 bridgehead atoms. The molecule has 0 aliphatic carbocycles. The van der Waals surface area contributed by atoms with Gasteiger partial charge in [-0.2, -0.15) is 4.31 Å². The predicted molar refractivity (Wildman–Crippen MR) is 107 cm³/mol. The molecule has 0 aromatic heterocycles. The Morgan fingerprint density at radius 3 is 2.64 bits per heavy atom. The van der Waals surface area contributed by atoms with Gasteiger partial charge in [0.2, 0.25) is 15.9 Å². The van der Waals surface area contributed by atoms with Crippen molar-refractivity contribution in [1.29, 1.82) is 0 Å². The van der Waals surface area contributed by atoms with E-state index in [0.29, 0.717) is 23.7 Å². The van der Waals surface area contributed by atoms with Crippen LogP contribution in [0.5, 0.6) is 0 Å². The van der Waals surface area contributed by atoms with Crippen LogP contribution in [0.1, 0.15) is 31.2 Å². The Hall–Kier alpha value is -1.96. The number of piperidine rings is 1. The second-order valence-corrected chi connectivity index (χ2v) is 9.26. The Balaban J connectivity index is 1.76. The fourth-order valence-corrected chi connectivity index (χ4v) is 5.25. The molecule has 8 heteroatoms. The topological polar surface area (TPSA) is 66.5 Å². The van der Waals surface area contributed by atoms with Crippen LogP contribution in [0.3, 0.4) is 0 Å². The van der Waals surface area contributed by atoms with E-state index in [9.17, 15) is 17.6 Å². The van der Waals surface area contributed by atoms with E-state index in [1.54, 1.807) is 12.1 Å². The summed E-state index contributed by atoms with van der Waals surface area (Å²) in [7, 11) is -3.80. The Morgan fingerprint density at radius 1 is 1.21 bits per heavy atom. The number of anilines is 1. The molecular formula is C20H22ClFN2O3S. The Bertz CT molecular complexity index is 964. The number of hydrogen-bond donors (Lipinski definition) is 1. The smallest absolute Gasteiger partial charge is 0.243 e. The molecule has 28 heavy (non-hydrogen) atoms. The van der Waals surface area contributed by atoms with Crippen molar-refractivity contribution < 1.29 is 17.6 Å². The second-order valence-electron chi connectivity index (χ2n) is 6.93. The molecule has 1 unspecified atom stereocenters. The molecule has 0 spiro atoms. The van der Waals surface area contributed by atoms with E-state index in [4.69, 9.17) is 11.6 Å². The van der Waals surface area contributed by atoms with E-state index >= 15 is 0 Å². The van der Waals surface area contributed by atoms with Crippen molar-refractivity contribution in [2.24, 2.45) is 0 Å². The van der Waals surface area contributed by atoms with Crippen molar-refractivity contribution in [2.45, 2.75) is 43.5 Å². The van der Waals surface area contributed by atoms with E-state index in [1.807, 2.05) is 13.0 Å². The van der Waals surface area contributed by atoms with Gasteiger partial charge in [-0.15, -0.1) is 0 Å². The zero-order valence-corrected chi connectivity index (χ0v) is 17.1. The van der Waals surface area contributed by atoms with Gasteiger partial charge in [-0.05, 0) is 61.7 Å². The third-order valence-corrected chi connectivity index (χ3v) is 7.09. The van der Waals surface area contributed by atoms with Gasteiger partial charge in [-0.25, -0.2) is 12.8 Å². The van der Waals surface area contributed by atoms with Crippen LogP contribution in [0.15, 0.2) is 47.4 Å². The summed E-state index contributed by atoms with van der Waals surface area (Å²) in [6.07, 6.45) is 2.23. The number of carbonyl (C=O) groups is 1. The maximum absolute atomic E-state index is 13.2. The first-order valence-electron chi connectivity index (χ1n) is 9.11. The molecule has 150 valence electrons. The molecule has 1 amide bonds. The lowest BCUT2D eigenvalue weighted by Gasteiger charge is -2.34. The van der Waals surface area contributed by atoms with Crippen molar-refractivity contribution in [3.63, 3.8) is 0 Å². The highest BCUT2D eigenvalue weighted by Crippen LogP contribution is 2.28. The molecule has 0 radical (unpaired) electrons. The minimum absolute atomic E-state index is 0.0342. The van der Waals surface area contributed by atoms with E-state index in [0.717, 1.165) is 30.5 Å². The number of halogens is 2. The van der Waals surface area contributed by atoms with Crippen LogP contribution in [0.25, 0.3) is 0 Å². The molecular weight excluding hydrogens is 403 g/mol. The summed E-state index contributed by atoms with van der Waals surface area (Å²) in [6.45, 7) is 2.20. The summed E-state index contributed by atoms with van der Waals surface area (Å²) < 4.78 is 40.5. The number of carbonyl (C=O) groups excluding carboxylic acids is 1. The predicted octanol–water partition coefficient (Wildman–Crippen LogP) is 4.36. The van der Waals surface area contributed by atoms with Crippen LogP contribution in [0.2, 0.25) is 5.02 Å². The SMILES string of the molecule is Cc1ccc(Cl)cc1NC(=O)CC1CCCCN1S(=O)(=O)c1ccc(F)cc1. The minimum atomic E-state index is -3.80.